The Morgan fingerprint density at radius 3 is 2.25 bits per heavy atom. The Labute approximate surface area is 139 Å². The molecule has 126 valence electrons. The van der Waals surface area contributed by atoms with Gasteiger partial charge in [-0.3, -0.25) is 9.59 Å². The van der Waals surface area contributed by atoms with E-state index in [2.05, 4.69) is 5.32 Å². The Bertz CT molecular complexity index is 734. The van der Waals surface area contributed by atoms with Crippen molar-refractivity contribution >= 4 is 17.5 Å². The number of nitrogens with zero attached hydrogens (tertiary/aromatic N) is 1. The standard InChI is InChI=1S/C18H18F2N2O2/c1-13(23)22(17-9-5-4-8-16(17)20)11-10-18(24)21-12-14-6-2-3-7-15(14)19/h2-9H,10-12H2,1H3,(H,21,24). The number of benzene rings is 2. The SMILES string of the molecule is CC(=O)N(CCC(=O)NCc1ccccc1F)c1ccccc1F. The van der Waals surface area contributed by atoms with Gasteiger partial charge in [0.05, 0.1) is 5.69 Å². The first-order valence-corrected chi connectivity index (χ1v) is 7.52. The van der Waals surface area contributed by atoms with Crippen molar-refractivity contribution in [2.45, 2.75) is 19.9 Å². The molecular weight excluding hydrogens is 314 g/mol. The number of carbonyl (C=O) groups is 2. The van der Waals surface area contributed by atoms with Crippen LogP contribution in [0.15, 0.2) is 48.5 Å². The third kappa shape index (κ3) is 4.62. The van der Waals surface area contributed by atoms with Crippen molar-refractivity contribution < 1.29 is 18.4 Å². The van der Waals surface area contributed by atoms with Crippen molar-refractivity contribution in [1.82, 2.24) is 5.32 Å². The molecular formula is C18H18F2N2O2. The first-order valence-electron chi connectivity index (χ1n) is 7.52. The molecule has 0 unspecified atom stereocenters. The summed E-state index contributed by atoms with van der Waals surface area (Å²) in [4.78, 5) is 24.8. The molecule has 2 aromatic rings. The molecule has 0 spiro atoms. The van der Waals surface area contributed by atoms with Gasteiger partial charge in [0.25, 0.3) is 0 Å². The fourth-order valence-electron chi connectivity index (χ4n) is 2.26. The van der Waals surface area contributed by atoms with Gasteiger partial charge in [-0.1, -0.05) is 30.3 Å². The van der Waals surface area contributed by atoms with Crippen LogP contribution in [0.2, 0.25) is 0 Å². The van der Waals surface area contributed by atoms with E-state index >= 15 is 0 Å². The summed E-state index contributed by atoms with van der Waals surface area (Å²) in [5.41, 5.74) is 0.510. The number of carbonyl (C=O) groups excluding carboxylic acids is 2. The van der Waals surface area contributed by atoms with Gasteiger partial charge in [0.1, 0.15) is 11.6 Å². The van der Waals surface area contributed by atoms with Gasteiger partial charge in [0, 0.05) is 32.0 Å². The maximum absolute atomic E-state index is 13.8. The fourth-order valence-corrected chi connectivity index (χ4v) is 2.26. The Hall–Kier alpha value is -2.76. The predicted molar refractivity (Wildman–Crippen MR) is 87.3 cm³/mol. The van der Waals surface area contributed by atoms with Crippen molar-refractivity contribution in [2.24, 2.45) is 0 Å². The summed E-state index contributed by atoms with van der Waals surface area (Å²) in [5.74, 6) is -1.63. The average Bonchev–Trinajstić information content (AvgIpc) is 2.55. The van der Waals surface area contributed by atoms with Crippen LogP contribution >= 0.6 is 0 Å². The van der Waals surface area contributed by atoms with E-state index in [0.29, 0.717) is 5.56 Å². The Kier molecular flexibility index (Phi) is 6.01. The molecule has 2 aromatic carbocycles. The minimum absolute atomic E-state index is 0.0115. The number of anilines is 1. The van der Waals surface area contributed by atoms with Crippen LogP contribution in [-0.2, 0) is 16.1 Å². The summed E-state index contributed by atoms with van der Waals surface area (Å²) in [7, 11) is 0. The lowest BCUT2D eigenvalue weighted by atomic mass is 10.2. The second kappa shape index (κ2) is 8.19. The molecule has 0 aliphatic rings. The highest BCUT2D eigenvalue weighted by molar-refractivity contribution is 5.92. The van der Waals surface area contributed by atoms with Gasteiger partial charge >= 0.3 is 0 Å². The number of hydrogen-bond acceptors (Lipinski definition) is 2. The Morgan fingerprint density at radius 1 is 1.00 bits per heavy atom. The number of halogens is 2. The maximum Gasteiger partial charge on any atom is 0.223 e. The van der Waals surface area contributed by atoms with Crippen LogP contribution in [0, 0.1) is 11.6 Å². The van der Waals surface area contributed by atoms with Crippen molar-refractivity contribution in [3.8, 4) is 0 Å². The van der Waals surface area contributed by atoms with Crippen LogP contribution in [0.3, 0.4) is 0 Å². The molecule has 6 heteroatoms. The van der Waals surface area contributed by atoms with E-state index in [1.54, 1.807) is 24.3 Å². The summed E-state index contributed by atoms with van der Waals surface area (Å²) < 4.78 is 27.3. The number of para-hydroxylation sites is 1. The molecule has 0 radical (unpaired) electrons. The zero-order chi connectivity index (χ0) is 17.5. The smallest absolute Gasteiger partial charge is 0.223 e. The van der Waals surface area contributed by atoms with Crippen LogP contribution in [0.4, 0.5) is 14.5 Å². The molecule has 0 aliphatic heterocycles. The van der Waals surface area contributed by atoms with Gasteiger partial charge in [-0.2, -0.15) is 0 Å². The first-order chi connectivity index (χ1) is 11.5. The third-order valence-corrected chi connectivity index (χ3v) is 3.52. The van der Waals surface area contributed by atoms with Gasteiger partial charge in [-0.25, -0.2) is 8.78 Å². The molecule has 0 bridgehead atoms. The van der Waals surface area contributed by atoms with Crippen LogP contribution in [0.1, 0.15) is 18.9 Å². The number of amides is 2. The van der Waals surface area contributed by atoms with Crippen molar-refractivity contribution in [3.63, 3.8) is 0 Å². The van der Waals surface area contributed by atoms with E-state index in [0.717, 1.165) is 0 Å². The molecule has 0 saturated carbocycles. The van der Waals surface area contributed by atoms with E-state index in [1.165, 1.54) is 36.1 Å². The van der Waals surface area contributed by atoms with E-state index in [1.807, 2.05) is 0 Å². The minimum Gasteiger partial charge on any atom is -0.352 e. The molecule has 0 aliphatic carbocycles. The molecule has 0 saturated heterocycles. The monoisotopic (exact) mass is 332 g/mol. The fraction of sp³-hybridized carbons (Fsp3) is 0.222. The van der Waals surface area contributed by atoms with Crippen LogP contribution in [0.25, 0.3) is 0 Å². The Morgan fingerprint density at radius 2 is 1.62 bits per heavy atom. The quantitative estimate of drug-likeness (QED) is 0.884. The number of rotatable bonds is 6. The summed E-state index contributed by atoms with van der Waals surface area (Å²) in [6.07, 6.45) is -0.0115. The number of nitrogens with one attached hydrogen (secondary N) is 1. The van der Waals surface area contributed by atoms with Gasteiger partial charge < -0.3 is 10.2 Å². The van der Waals surface area contributed by atoms with Crippen molar-refractivity contribution in [3.05, 3.63) is 65.7 Å². The van der Waals surface area contributed by atoms with Crippen LogP contribution < -0.4 is 10.2 Å². The second-order valence-corrected chi connectivity index (χ2v) is 5.24. The van der Waals surface area contributed by atoms with E-state index in [9.17, 15) is 18.4 Å². The van der Waals surface area contributed by atoms with Gasteiger partial charge in [0.2, 0.25) is 11.8 Å². The molecule has 0 fully saturated rings. The molecule has 24 heavy (non-hydrogen) atoms. The van der Waals surface area contributed by atoms with Gasteiger partial charge in [-0.05, 0) is 18.2 Å². The normalized spacial score (nSPS) is 10.3. The minimum atomic E-state index is -0.528. The summed E-state index contributed by atoms with van der Waals surface area (Å²) >= 11 is 0. The summed E-state index contributed by atoms with van der Waals surface area (Å²) in [6, 6.07) is 12.0. The summed E-state index contributed by atoms with van der Waals surface area (Å²) in [5, 5.41) is 2.59. The Balaban J connectivity index is 1.93. The highest BCUT2D eigenvalue weighted by atomic mass is 19.1. The molecule has 2 amide bonds. The first kappa shape index (κ1) is 17.6. The lowest BCUT2D eigenvalue weighted by Gasteiger charge is -2.21. The molecule has 0 aromatic heterocycles. The molecule has 0 atom stereocenters. The lowest BCUT2D eigenvalue weighted by Crippen LogP contribution is -2.34. The predicted octanol–water partition coefficient (Wildman–Crippen LogP) is 3.02. The highest BCUT2D eigenvalue weighted by Gasteiger charge is 2.16. The van der Waals surface area contributed by atoms with Crippen LogP contribution in [-0.4, -0.2) is 18.4 Å². The molecule has 1 N–H and O–H groups in total. The third-order valence-electron chi connectivity index (χ3n) is 3.52. The topological polar surface area (TPSA) is 49.4 Å². The number of hydrogen-bond donors (Lipinski definition) is 1. The van der Waals surface area contributed by atoms with Crippen molar-refractivity contribution in [2.75, 3.05) is 11.4 Å². The summed E-state index contributed by atoms with van der Waals surface area (Å²) in [6.45, 7) is 1.41. The molecule has 2 rings (SSSR count). The molecule has 0 heterocycles. The van der Waals surface area contributed by atoms with E-state index in [-0.39, 0.29) is 37.0 Å². The van der Waals surface area contributed by atoms with Crippen LogP contribution in [0.5, 0.6) is 0 Å². The highest BCUT2D eigenvalue weighted by Crippen LogP contribution is 2.19. The van der Waals surface area contributed by atoms with E-state index < -0.39 is 11.6 Å². The maximum atomic E-state index is 13.8. The lowest BCUT2D eigenvalue weighted by molar-refractivity contribution is -0.121. The second-order valence-electron chi connectivity index (χ2n) is 5.24. The zero-order valence-electron chi connectivity index (χ0n) is 13.3. The zero-order valence-corrected chi connectivity index (χ0v) is 13.3. The van der Waals surface area contributed by atoms with Crippen molar-refractivity contribution in [1.29, 1.82) is 0 Å². The van der Waals surface area contributed by atoms with Gasteiger partial charge in [0.15, 0.2) is 0 Å². The molecule has 4 nitrogen and oxygen atoms in total. The van der Waals surface area contributed by atoms with Gasteiger partial charge in [-0.15, -0.1) is 0 Å². The van der Waals surface area contributed by atoms with E-state index in [4.69, 9.17) is 0 Å². The average molecular weight is 332 g/mol. The largest absolute Gasteiger partial charge is 0.352 e.